The summed E-state index contributed by atoms with van der Waals surface area (Å²) < 4.78 is 14.0. The van der Waals surface area contributed by atoms with Crippen LogP contribution >= 0.6 is 0 Å². The SMILES string of the molecule is CNc1cc2c(cc1F)N(CCCO)C(C(C)(C)C)C2. The smallest absolute Gasteiger partial charge is 0.148 e. The quantitative estimate of drug-likeness (QED) is 0.890. The van der Waals surface area contributed by atoms with Crippen LogP contribution in [0.1, 0.15) is 32.8 Å². The van der Waals surface area contributed by atoms with Crippen LogP contribution in [0.3, 0.4) is 0 Å². The molecule has 1 heterocycles. The van der Waals surface area contributed by atoms with Crippen LogP contribution in [0.4, 0.5) is 15.8 Å². The largest absolute Gasteiger partial charge is 0.396 e. The van der Waals surface area contributed by atoms with Crippen LogP contribution in [0.15, 0.2) is 12.1 Å². The fourth-order valence-electron chi connectivity index (χ4n) is 3.01. The summed E-state index contributed by atoms with van der Waals surface area (Å²) in [4.78, 5) is 2.26. The number of rotatable bonds is 4. The zero-order valence-electron chi connectivity index (χ0n) is 12.8. The molecule has 1 aromatic rings. The molecule has 0 spiro atoms. The molecule has 1 unspecified atom stereocenters. The molecule has 4 heteroatoms. The molecule has 2 rings (SSSR count). The third-order valence-corrected chi connectivity index (χ3v) is 4.09. The van der Waals surface area contributed by atoms with E-state index in [9.17, 15) is 4.39 Å². The van der Waals surface area contributed by atoms with E-state index in [4.69, 9.17) is 5.11 Å². The zero-order chi connectivity index (χ0) is 14.9. The van der Waals surface area contributed by atoms with Crippen molar-refractivity contribution in [3.05, 3.63) is 23.5 Å². The van der Waals surface area contributed by atoms with Crippen molar-refractivity contribution in [2.45, 2.75) is 39.7 Å². The minimum absolute atomic E-state index is 0.116. The number of aliphatic hydroxyl groups excluding tert-OH is 1. The van der Waals surface area contributed by atoms with E-state index in [0.717, 1.165) is 18.7 Å². The number of anilines is 2. The first-order valence-corrected chi connectivity index (χ1v) is 7.26. The van der Waals surface area contributed by atoms with Gasteiger partial charge < -0.3 is 15.3 Å². The highest BCUT2D eigenvalue weighted by Crippen LogP contribution is 2.41. The van der Waals surface area contributed by atoms with Gasteiger partial charge in [0.2, 0.25) is 0 Å². The number of nitrogens with zero attached hydrogens (tertiary/aromatic N) is 1. The first-order valence-electron chi connectivity index (χ1n) is 7.26. The van der Waals surface area contributed by atoms with Crippen molar-refractivity contribution in [3.8, 4) is 0 Å². The van der Waals surface area contributed by atoms with Crippen LogP contribution < -0.4 is 10.2 Å². The van der Waals surface area contributed by atoms with Gasteiger partial charge in [0.25, 0.3) is 0 Å². The fourth-order valence-corrected chi connectivity index (χ4v) is 3.01. The average molecular weight is 280 g/mol. The second kappa shape index (κ2) is 5.60. The van der Waals surface area contributed by atoms with Crippen LogP contribution in [0.5, 0.6) is 0 Å². The zero-order valence-corrected chi connectivity index (χ0v) is 12.8. The Hall–Kier alpha value is -1.29. The van der Waals surface area contributed by atoms with E-state index in [2.05, 4.69) is 31.0 Å². The molecule has 0 amide bonds. The molecule has 0 saturated carbocycles. The van der Waals surface area contributed by atoms with Gasteiger partial charge in [0.1, 0.15) is 5.82 Å². The second-order valence-electron chi connectivity index (χ2n) is 6.57. The average Bonchev–Trinajstić information content (AvgIpc) is 2.73. The van der Waals surface area contributed by atoms with E-state index in [0.29, 0.717) is 18.2 Å². The van der Waals surface area contributed by atoms with Gasteiger partial charge in [-0.05, 0) is 36.0 Å². The minimum Gasteiger partial charge on any atom is -0.396 e. The molecule has 1 atom stereocenters. The summed E-state index contributed by atoms with van der Waals surface area (Å²) in [6.07, 6.45) is 1.64. The lowest BCUT2D eigenvalue weighted by atomic mass is 9.84. The number of benzene rings is 1. The monoisotopic (exact) mass is 280 g/mol. The van der Waals surface area contributed by atoms with Crippen LogP contribution in [0.25, 0.3) is 0 Å². The highest BCUT2D eigenvalue weighted by molar-refractivity contribution is 5.66. The number of nitrogens with one attached hydrogen (secondary N) is 1. The Morgan fingerprint density at radius 1 is 1.40 bits per heavy atom. The van der Waals surface area contributed by atoms with E-state index in [-0.39, 0.29) is 17.8 Å². The number of hydrogen-bond acceptors (Lipinski definition) is 3. The maximum Gasteiger partial charge on any atom is 0.148 e. The molecule has 0 saturated heterocycles. The van der Waals surface area contributed by atoms with Crippen molar-refractivity contribution in [1.82, 2.24) is 0 Å². The van der Waals surface area contributed by atoms with E-state index < -0.39 is 0 Å². The van der Waals surface area contributed by atoms with Gasteiger partial charge in [-0.15, -0.1) is 0 Å². The van der Waals surface area contributed by atoms with Crippen molar-refractivity contribution in [2.24, 2.45) is 5.41 Å². The molecular weight excluding hydrogens is 255 g/mol. The number of aliphatic hydroxyl groups is 1. The van der Waals surface area contributed by atoms with Gasteiger partial charge >= 0.3 is 0 Å². The summed E-state index contributed by atoms with van der Waals surface area (Å²) in [5, 5.41) is 12.0. The van der Waals surface area contributed by atoms with Crippen molar-refractivity contribution in [1.29, 1.82) is 0 Å². The third-order valence-electron chi connectivity index (χ3n) is 4.09. The normalized spacial score (nSPS) is 18.3. The molecule has 1 aliphatic rings. The Balaban J connectivity index is 2.39. The van der Waals surface area contributed by atoms with Gasteiger partial charge in [-0.3, -0.25) is 0 Å². The summed E-state index contributed by atoms with van der Waals surface area (Å²) >= 11 is 0. The van der Waals surface area contributed by atoms with Crippen LogP contribution in [-0.4, -0.2) is 31.3 Å². The van der Waals surface area contributed by atoms with Crippen molar-refractivity contribution >= 4 is 11.4 Å². The predicted octanol–water partition coefficient (Wildman–Crippen LogP) is 3.03. The van der Waals surface area contributed by atoms with E-state index in [1.165, 1.54) is 5.56 Å². The van der Waals surface area contributed by atoms with Gasteiger partial charge in [-0.25, -0.2) is 4.39 Å². The summed E-state index contributed by atoms with van der Waals surface area (Å²) in [5.41, 5.74) is 2.84. The molecule has 20 heavy (non-hydrogen) atoms. The summed E-state index contributed by atoms with van der Waals surface area (Å²) in [6.45, 7) is 7.57. The van der Waals surface area contributed by atoms with Gasteiger partial charge in [-0.1, -0.05) is 20.8 Å². The molecule has 1 aliphatic heterocycles. The topological polar surface area (TPSA) is 35.5 Å². The molecule has 0 aliphatic carbocycles. The predicted molar refractivity (Wildman–Crippen MR) is 81.9 cm³/mol. The van der Waals surface area contributed by atoms with E-state index >= 15 is 0 Å². The summed E-state index contributed by atoms with van der Waals surface area (Å²) in [7, 11) is 1.74. The van der Waals surface area contributed by atoms with Gasteiger partial charge in [0.15, 0.2) is 0 Å². The molecule has 0 aromatic heterocycles. The first-order chi connectivity index (χ1) is 9.38. The van der Waals surface area contributed by atoms with Crippen LogP contribution in [-0.2, 0) is 6.42 Å². The van der Waals surface area contributed by atoms with Gasteiger partial charge in [0, 0.05) is 31.9 Å². The van der Waals surface area contributed by atoms with Crippen molar-refractivity contribution in [3.63, 3.8) is 0 Å². The lowest BCUT2D eigenvalue weighted by molar-refractivity contribution is 0.274. The molecule has 112 valence electrons. The first kappa shape index (κ1) is 15.1. The molecule has 1 aromatic carbocycles. The Morgan fingerprint density at radius 3 is 2.65 bits per heavy atom. The Bertz CT molecular complexity index is 482. The standard InChI is InChI=1S/C16H25FN2O/c1-16(2,3)15-9-11-8-13(18-4)12(17)10-14(11)19(15)6-5-7-20/h8,10,15,18,20H,5-7,9H2,1-4H3. The fraction of sp³-hybridized carbons (Fsp3) is 0.625. The molecule has 0 fully saturated rings. The van der Waals surface area contributed by atoms with Crippen molar-refractivity contribution < 1.29 is 9.50 Å². The number of halogens is 1. The minimum atomic E-state index is -0.213. The maximum absolute atomic E-state index is 14.0. The molecule has 2 N–H and O–H groups in total. The third kappa shape index (κ3) is 2.75. The lowest BCUT2D eigenvalue weighted by Gasteiger charge is -2.37. The molecule has 0 bridgehead atoms. The van der Waals surface area contributed by atoms with Crippen molar-refractivity contribution in [2.75, 3.05) is 30.4 Å². The number of fused-ring (bicyclic) bond motifs is 1. The maximum atomic E-state index is 14.0. The molecule has 3 nitrogen and oxygen atoms in total. The molecular formula is C16H25FN2O. The Labute approximate surface area is 120 Å². The molecule has 0 radical (unpaired) electrons. The lowest BCUT2D eigenvalue weighted by Crippen LogP contribution is -2.42. The number of hydrogen-bond donors (Lipinski definition) is 2. The summed E-state index contributed by atoms with van der Waals surface area (Å²) in [6, 6.07) is 3.89. The van der Waals surface area contributed by atoms with Crippen LogP contribution in [0, 0.1) is 11.2 Å². The Morgan fingerprint density at radius 2 is 2.10 bits per heavy atom. The summed E-state index contributed by atoms with van der Waals surface area (Å²) in [5.74, 6) is -0.213. The van der Waals surface area contributed by atoms with E-state index in [1.54, 1.807) is 13.1 Å². The highest BCUT2D eigenvalue weighted by Gasteiger charge is 2.37. The van der Waals surface area contributed by atoms with E-state index in [1.807, 2.05) is 6.07 Å². The van der Waals surface area contributed by atoms with Crippen LogP contribution in [0.2, 0.25) is 0 Å². The Kier molecular flexibility index (Phi) is 4.23. The second-order valence-corrected chi connectivity index (χ2v) is 6.57. The van der Waals surface area contributed by atoms with Gasteiger partial charge in [-0.2, -0.15) is 0 Å². The highest BCUT2D eigenvalue weighted by atomic mass is 19.1. The van der Waals surface area contributed by atoms with Gasteiger partial charge in [0.05, 0.1) is 5.69 Å².